The molecule has 2 atom stereocenters. The third-order valence-electron chi connectivity index (χ3n) is 5.40. The molecule has 1 aliphatic rings. The molecular formula is C21H22Cl2FN5O2. The van der Waals surface area contributed by atoms with Gasteiger partial charge in [0.1, 0.15) is 22.9 Å². The van der Waals surface area contributed by atoms with Crippen molar-refractivity contribution in [1.29, 1.82) is 0 Å². The first-order valence-electron chi connectivity index (χ1n) is 9.92. The van der Waals surface area contributed by atoms with Crippen LogP contribution < -0.4 is 15.8 Å². The topological polar surface area (TPSA) is 94.5 Å². The number of hydrogen-bond donors (Lipinski definition) is 2. The smallest absolute Gasteiger partial charge is 0.220 e. The quantitative estimate of drug-likeness (QED) is 0.585. The Balaban J connectivity index is 1.93. The molecule has 10 heteroatoms. The SMILES string of the molecule is CC(C)Oc1c(C(C)c2nc(Cl)c3c(N)nccn23)cc(Cl)c(F)c1C1CNC(=O)C1. The summed E-state index contributed by atoms with van der Waals surface area (Å²) in [5, 5.41) is 2.93. The molecule has 1 amide bonds. The minimum atomic E-state index is -0.575. The van der Waals surface area contributed by atoms with E-state index >= 15 is 4.39 Å². The number of nitrogens with zero attached hydrogens (tertiary/aromatic N) is 3. The van der Waals surface area contributed by atoms with Gasteiger partial charge in [-0.3, -0.25) is 9.20 Å². The lowest BCUT2D eigenvalue weighted by Gasteiger charge is -2.24. The highest BCUT2D eigenvalue weighted by Crippen LogP contribution is 2.44. The zero-order valence-corrected chi connectivity index (χ0v) is 18.8. The minimum Gasteiger partial charge on any atom is -0.490 e. The van der Waals surface area contributed by atoms with E-state index in [9.17, 15) is 4.79 Å². The second-order valence-electron chi connectivity index (χ2n) is 7.89. The number of fused-ring (bicyclic) bond motifs is 1. The van der Waals surface area contributed by atoms with Crippen molar-refractivity contribution in [3.8, 4) is 5.75 Å². The lowest BCUT2D eigenvalue weighted by atomic mass is 9.89. The van der Waals surface area contributed by atoms with Gasteiger partial charge in [0.25, 0.3) is 0 Å². The maximum Gasteiger partial charge on any atom is 0.220 e. The summed E-state index contributed by atoms with van der Waals surface area (Å²) < 4.78 is 23.1. The molecule has 1 saturated heterocycles. The molecule has 2 unspecified atom stereocenters. The molecule has 0 radical (unpaired) electrons. The maximum atomic E-state index is 15.2. The van der Waals surface area contributed by atoms with Crippen molar-refractivity contribution in [2.24, 2.45) is 0 Å². The molecule has 3 aromatic rings. The van der Waals surface area contributed by atoms with Crippen molar-refractivity contribution >= 4 is 40.4 Å². The molecule has 0 aliphatic carbocycles. The fraction of sp³-hybridized carbons (Fsp3) is 0.381. The molecule has 3 N–H and O–H groups in total. The summed E-state index contributed by atoms with van der Waals surface area (Å²) in [6.07, 6.45) is 3.21. The van der Waals surface area contributed by atoms with Crippen LogP contribution in [-0.4, -0.2) is 32.9 Å². The highest BCUT2D eigenvalue weighted by Gasteiger charge is 2.33. The number of rotatable bonds is 5. The Labute approximate surface area is 188 Å². The molecule has 1 aromatic carbocycles. The number of nitrogens with two attached hydrogens (primary N) is 1. The van der Waals surface area contributed by atoms with Gasteiger partial charge < -0.3 is 15.8 Å². The number of nitrogen functional groups attached to an aromatic ring is 1. The van der Waals surface area contributed by atoms with Crippen LogP contribution in [0.25, 0.3) is 5.52 Å². The molecule has 31 heavy (non-hydrogen) atoms. The monoisotopic (exact) mass is 465 g/mol. The lowest BCUT2D eigenvalue weighted by Crippen LogP contribution is -2.17. The van der Waals surface area contributed by atoms with Crippen LogP contribution >= 0.6 is 23.2 Å². The largest absolute Gasteiger partial charge is 0.490 e. The molecule has 1 aliphatic heterocycles. The molecule has 1 fully saturated rings. The number of halogens is 3. The summed E-state index contributed by atoms with van der Waals surface area (Å²) >= 11 is 12.6. The van der Waals surface area contributed by atoms with E-state index in [0.717, 1.165) is 0 Å². The number of aromatic nitrogens is 3. The van der Waals surface area contributed by atoms with E-state index in [1.807, 2.05) is 20.8 Å². The van der Waals surface area contributed by atoms with E-state index in [4.69, 9.17) is 33.7 Å². The molecule has 4 rings (SSSR count). The number of benzene rings is 1. The molecule has 3 heterocycles. The third-order valence-corrected chi connectivity index (χ3v) is 5.93. The number of nitrogens with one attached hydrogen (secondary N) is 1. The first-order valence-corrected chi connectivity index (χ1v) is 10.7. The first-order chi connectivity index (χ1) is 14.7. The summed E-state index contributed by atoms with van der Waals surface area (Å²) in [6.45, 7) is 5.94. The molecule has 7 nitrogen and oxygen atoms in total. The number of carbonyl (C=O) groups is 1. The van der Waals surface area contributed by atoms with E-state index in [2.05, 4.69) is 15.3 Å². The summed E-state index contributed by atoms with van der Waals surface area (Å²) in [4.78, 5) is 20.4. The Hall–Kier alpha value is -2.58. The molecule has 2 aromatic heterocycles. The number of imidazole rings is 1. The predicted octanol–water partition coefficient (Wildman–Crippen LogP) is 4.30. The van der Waals surface area contributed by atoms with E-state index in [1.165, 1.54) is 0 Å². The van der Waals surface area contributed by atoms with Gasteiger partial charge in [0.05, 0.1) is 11.1 Å². The van der Waals surface area contributed by atoms with Crippen molar-refractivity contribution in [3.05, 3.63) is 51.4 Å². The molecule has 0 saturated carbocycles. The van der Waals surface area contributed by atoms with Gasteiger partial charge >= 0.3 is 0 Å². The van der Waals surface area contributed by atoms with Gasteiger partial charge in [-0.2, -0.15) is 0 Å². The van der Waals surface area contributed by atoms with E-state index in [-0.39, 0.29) is 46.3 Å². The Bertz CT molecular complexity index is 1180. The van der Waals surface area contributed by atoms with Crippen LogP contribution in [0.5, 0.6) is 5.75 Å². The molecular weight excluding hydrogens is 444 g/mol. The zero-order valence-electron chi connectivity index (χ0n) is 17.2. The fourth-order valence-corrected chi connectivity index (χ4v) is 4.49. The van der Waals surface area contributed by atoms with Crippen molar-refractivity contribution in [2.45, 2.75) is 45.1 Å². The van der Waals surface area contributed by atoms with Crippen LogP contribution in [0.1, 0.15) is 56.0 Å². The Morgan fingerprint density at radius 3 is 2.74 bits per heavy atom. The van der Waals surface area contributed by atoms with Gasteiger partial charge in [0, 0.05) is 48.3 Å². The second-order valence-corrected chi connectivity index (χ2v) is 8.65. The number of hydrogen-bond acceptors (Lipinski definition) is 5. The first kappa shape index (κ1) is 21.6. The Morgan fingerprint density at radius 2 is 2.10 bits per heavy atom. The van der Waals surface area contributed by atoms with Crippen LogP contribution in [0, 0.1) is 5.82 Å². The van der Waals surface area contributed by atoms with Gasteiger partial charge in [-0.05, 0) is 19.9 Å². The number of carbonyl (C=O) groups excluding carboxylic acids is 1. The minimum absolute atomic E-state index is 0.0413. The molecule has 0 spiro atoms. The number of anilines is 1. The van der Waals surface area contributed by atoms with Gasteiger partial charge in [-0.15, -0.1) is 0 Å². The summed E-state index contributed by atoms with van der Waals surface area (Å²) in [5.41, 5.74) is 7.42. The Kier molecular flexibility index (Phi) is 5.70. The van der Waals surface area contributed by atoms with Gasteiger partial charge in [-0.25, -0.2) is 14.4 Å². The third kappa shape index (κ3) is 3.78. The van der Waals surface area contributed by atoms with Crippen LogP contribution in [0.4, 0.5) is 10.2 Å². The number of amides is 1. The highest BCUT2D eigenvalue weighted by atomic mass is 35.5. The van der Waals surface area contributed by atoms with Crippen molar-refractivity contribution in [1.82, 2.24) is 19.7 Å². The van der Waals surface area contributed by atoms with Crippen molar-refractivity contribution in [3.63, 3.8) is 0 Å². The van der Waals surface area contributed by atoms with Crippen molar-refractivity contribution in [2.75, 3.05) is 12.3 Å². The Morgan fingerprint density at radius 1 is 1.35 bits per heavy atom. The summed E-state index contributed by atoms with van der Waals surface area (Å²) in [5.74, 6) is -0.259. The summed E-state index contributed by atoms with van der Waals surface area (Å²) in [6, 6.07) is 1.55. The van der Waals surface area contributed by atoms with Crippen LogP contribution in [0.2, 0.25) is 10.2 Å². The number of ether oxygens (including phenoxy) is 1. The fourth-order valence-electron chi connectivity index (χ4n) is 4.00. The predicted molar refractivity (Wildman–Crippen MR) is 117 cm³/mol. The van der Waals surface area contributed by atoms with Gasteiger partial charge in [0.15, 0.2) is 11.0 Å². The second kappa shape index (κ2) is 8.16. The van der Waals surface area contributed by atoms with E-state index in [1.54, 1.807) is 22.9 Å². The van der Waals surface area contributed by atoms with E-state index in [0.29, 0.717) is 34.8 Å². The standard InChI is InChI=1S/C21H22Cl2FN5O2/c1-9(2)31-18-12(7-13(22)16(24)15(18)11-6-14(30)27-8-11)10(3)21-28-19(23)17-20(25)26-4-5-29(17)21/h4-5,7,9-11H,6,8H2,1-3H3,(H2,25,26)(H,27,30). The molecule has 164 valence electrons. The van der Waals surface area contributed by atoms with Crippen LogP contribution in [0.15, 0.2) is 18.5 Å². The van der Waals surface area contributed by atoms with Crippen LogP contribution in [-0.2, 0) is 4.79 Å². The van der Waals surface area contributed by atoms with Gasteiger partial charge in [0.2, 0.25) is 5.91 Å². The zero-order chi connectivity index (χ0) is 22.4. The lowest BCUT2D eigenvalue weighted by molar-refractivity contribution is -0.119. The van der Waals surface area contributed by atoms with E-state index < -0.39 is 5.82 Å². The molecule has 0 bridgehead atoms. The maximum absolute atomic E-state index is 15.2. The average molecular weight is 466 g/mol. The average Bonchev–Trinajstić information content (AvgIpc) is 3.28. The highest BCUT2D eigenvalue weighted by molar-refractivity contribution is 6.33. The van der Waals surface area contributed by atoms with Gasteiger partial charge in [-0.1, -0.05) is 30.1 Å². The van der Waals surface area contributed by atoms with Crippen LogP contribution in [0.3, 0.4) is 0 Å². The summed E-state index contributed by atoms with van der Waals surface area (Å²) in [7, 11) is 0. The normalized spacial score (nSPS) is 17.4. The van der Waals surface area contributed by atoms with Crippen molar-refractivity contribution < 1.29 is 13.9 Å².